The lowest BCUT2D eigenvalue weighted by molar-refractivity contribution is 0.394. The van der Waals surface area contributed by atoms with Crippen LogP contribution >= 0.6 is 11.3 Å². The van der Waals surface area contributed by atoms with E-state index in [-0.39, 0.29) is 0 Å². The third-order valence-corrected chi connectivity index (χ3v) is 7.02. The Hall–Kier alpha value is -0.430. The molecule has 1 fully saturated rings. The molecule has 114 valence electrons. The van der Waals surface area contributed by atoms with E-state index in [0.29, 0.717) is 22.7 Å². The summed E-state index contributed by atoms with van der Waals surface area (Å²) >= 11 is 1.32. The van der Waals surface area contributed by atoms with Gasteiger partial charge in [0.1, 0.15) is 4.21 Å². The van der Waals surface area contributed by atoms with Crippen molar-refractivity contribution in [1.82, 2.24) is 9.62 Å². The molecule has 1 heterocycles. The van der Waals surface area contributed by atoms with Gasteiger partial charge in [-0.1, -0.05) is 20.3 Å². The zero-order chi connectivity index (χ0) is 14.8. The van der Waals surface area contributed by atoms with Gasteiger partial charge in [0.05, 0.1) is 0 Å². The molecule has 4 nitrogen and oxygen atoms in total. The minimum absolute atomic E-state index is 0.380. The van der Waals surface area contributed by atoms with E-state index in [0.717, 1.165) is 18.5 Å². The molecule has 1 aromatic heterocycles. The Morgan fingerprint density at radius 3 is 2.80 bits per heavy atom. The summed E-state index contributed by atoms with van der Waals surface area (Å²) in [5.41, 5.74) is 1.07. The van der Waals surface area contributed by atoms with E-state index in [4.69, 9.17) is 0 Å². The average molecular weight is 316 g/mol. The van der Waals surface area contributed by atoms with Gasteiger partial charge in [-0.3, -0.25) is 0 Å². The zero-order valence-electron chi connectivity index (χ0n) is 12.4. The number of hydrogen-bond donors (Lipinski definition) is 1. The number of nitrogens with zero attached hydrogens (tertiary/aromatic N) is 1. The molecule has 0 aliphatic heterocycles. The fraction of sp³-hybridized carbons (Fsp3) is 0.714. The lowest BCUT2D eigenvalue weighted by Gasteiger charge is -2.19. The first kappa shape index (κ1) is 15.9. The number of sulfonamides is 1. The molecular formula is C14H24N2O2S2. The van der Waals surface area contributed by atoms with Crippen LogP contribution in [0.5, 0.6) is 0 Å². The van der Waals surface area contributed by atoms with Crippen LogP contribution in [0.2, 0.25) is 0 Å². The largest absolute Gasteiger partial charge is 0.310 e. The minimum Gasteiger partial charge on any atom is -0.310 e. The maximum Gasteiger partial charge on any atom is 0.252 e. The summed E-state index contributed by atoms with van der Waals surface area (Å²) in [6.45, 7) is 5.50. The first-order valence-electron chi connectivity index (χ1n) is 7.20. The Kier molecular flexibility index (Phi) is 5.23. The van der Waals surface area contributed by atoms with Crippen LogP contribution < -0.4 is 5.32 Å². The Morgan fingerprint density at radius 1 is 1.50 bits per heavy atom. The molecule has 1 aliphatic rings. The molecule has 0 amide bonds. The fourth-order valence-electron chi connectivity index (χ4n) is 1.95. The second-order valence-corrected chi connectivity index (χ2v) is 8.91. The van der Waals surface area contributed by atoms with Crippen molar-refractivity contribution in [3.05, 3.63) is 17.0 Å². The van der Waals surface area contributed by atoms with Crippen LogP contribution in [-0.2, 0) is 16.6 Å². The molecule has 0 bridgehead atoms. The predicted octanol–water partition coefficient (Wildman–Crippen LogP) is 2.67. The highest BCUT2D eigenvalue weighted by Crippen LogP contribution is 2.25. The molecule has 6 heteroatoms. The van der Waals surface area contributed by atoms with Crippen LogP contribution in [0.25, 0.3) is 0 Å². The highest BCUT2D eigenvalue weighted by Gasteiger charge is 2.24. The molecule has 1 saturated carbocycles. The van der Waals surface area contributed by atoms with Crippen molar-refractivity contribution < 1.29 is 8.42 Å². The van der Waals surface area contributed by atoms with Crippen molar-refractivity contribution in [2.75, 3.05) is 13.6 Å². The molecule has 20 heavy (non-hydrogen) atoms. The number of hydrogen-bond acceptors (Lipinski definition) is 4. The molecule has 2 rings (SSSR count). The highest BCUT2D eigenvalue weighted by molar-refractivity contribution is 7.91. The van der Waals surface area contributed by atoms with E-state index in [1.807, 2.05) is 11.4 Å². The first-order valence-corrected chi connectivity index (χ1v) is 9.52. The van der Waals surface area contributed by atoms with Gasteiger partial charge >= 0.3 is 0 Å². The molecule has 1 aliphatic carbocycles. The van der Waals surface area contributed by atoms with Gasteiger partial charge in [0.25, 0.3) is 10.0 Å². The standard InChI is InChI=1S/C14H24N2O2S2/c1-4-11(2)9-16(3)20(17,18)14-7-12(10-19-14)8-15-13-5-6-13/h7,10-11,13,15H,4-6,8-9H2,1-3H3. The molecule has 1 N–H and O–H groups in total. The van der Waals surface area contributed by atoms with Crippen LogP contribution in [0, 0.1) is 5.92 Å². The summed E-state index contributed by atoms with van der Waals surface area (Å²) in [5.74, 6) is 0.380. The monoisotopic (exact) mass is 316 g/mol. The molecule has 1 unspecified atom stereocenters. The van der Waals surface area contributed by atoms with Crippen molar-refractivity contribution >= 4 is 21.4 Å². The van der Waals surface area contributed by atoms with Crippen LogP contribution in [0.3, 0.4) is 0 Å². The average Bonchev–Trinajstić information content (AvgIpc) is 3.12. The number of rotatable bonds is 8. The van der Waals surface area contributed by atoms with Crippen molar-refractivity contribution in [3.8, 4) is 0 Å². The molecule has 1 aromatic rings. The number of thiophene rings is 1. The van der Waals surface area contributed by atoms with Crippen LogP contribution in [-0.4, -0.2) is 32.4 Å². The van der Waals surface area contributed by atoms with Gasteiger partial charge < -0.3 is 5.32 Å². The third-order valence-electron chi connectivity index (χ3n) is 3.73. The van der Waals surface area contributed by atoms with E-state index in [1.54, 1.807) is 7.05 Å². The molecule has 0 radical (unpaired) electrons. The molecular weight excluding hydrogens is 292 g/mol. The zero-order valence-corrected chi connectivity index (χ0v) is 14.1. The van der Waals surface area contributed by atoms with E-state index in [2.05, 4.69) is 19.2 Å². The van der Waals surface area contributed by atoms with Gasteiger partial charge in [-0.25, -0.2) is 8.42 Å². The first-order chi connectivity index (χ1) is 9.43. The van der Waals surface area contributed by atoms with Crippen LogP contribution in [0.4, 0.5) is 0 Å². The van der Waals surface area contributed by atoms with Crippen LogP contribution in [0.15, 0.2) is 15.7 Å². The molecule has 0 spiro atoms. The van der Waals surface area contributed by atoms with Crippen LogP contribution in [0.1, 0.15) is 38.7 Å². The molecule has 1 atom stereocenters. The van der Waals surface area contributed by atoms with Crippen molar-refractivity contribution in [3.63, 3.8) is 0 Å². The summed E-state index contributed by atoms with van der Waals surface area (Å²) < 4.78 is 26.9. The Balaban J connectivity index is 2.00. The maximum atomic E-state index is 12.5. The predicted molar refractivity (Wildman–Crippen MR) is 83.5 cm³/mol. The van der Waals surface area contributed by atoms with Gasteiger partial charge in [-0.15, -0.1) is 11.3 Å². The SMILES string of the molecule is CCC(C)CN(C)S(=O)(=O)c1cc(CNC2CC2)cs1. The third kappa shape index (κ3) is 4.04. The van der Waals surface area contributed by atoms with Gasteiger partial charge in [-0.2, -0.15) is 4.31 Å². The lowest BCUT2D eigenvalue weighted by Crippen LogP contribution is -2.30. The van der Waals surface area contributed by atoms with E-state index in [9.17, 15) is 8.42 Å². The van der Waals surface area contributed by atoms with Crippen molar-refractivity contribution in [2.45, 2.75) is 49.9 Å². The smallest absolute Gasteiger partial charge is 0.252 e. The minimum atomic E-state index is -3.32. The van der Waals surface area contributed by atoms with E-state index < -0.39 is 10.0 Å². The normalized spacial score (nSPS) is 17.6. The van der Waals surface area contributed by atoms with Crippen molar-refractivity contribution in [2.24, 2.45) is 5.92 Å². The van der Waals surface area contributed by atoms with Gasteiger partial charge in [-0.05, 0) is 35.8 Å². The Labute approximate surface area is 126 Å². The maximum absolute atomic E-state index is 12.5. The Bertz CT molecular complexity index is 535. The second-order valence-electron chi connectivity index (χ2n) is 5.73. The molecule has 0 aromatic carbocycles. The van der Waals surface area contributed by atoms with E-state index in [1.165, 1.54) is 28.5 Å². The van der Waals surface area contributed by atoms with Gasteiger partial charge in [0.15, 0.2) is 0 Å². The fourth-order valence-corrected chi connectivity index (χ4v) is 4.66. The second kappa shape index (κ2) is 6.56. The lowest BCUT2D eigenvalue weighted by atomic mass is 10.1. The summed E-state index contributed by atoms with van der Waals surface area (Å²) in [6.07, 6.45) is 3.47. The Morgan fingerprint density at radius 2 is 2.20 bits per heavy atom. The number of nitrogens with one attached hydrogen (secondary N) is 1. The topological polar surface area (TPSA) is 49.4 Å². The summed E-state index contributed by atoms with van der Waals surface area (Å²) in [7, 11) is -1.65. The van der Waals surface area contributed by atoms with Gasteiger partial charge in [0.2, 0.25) is 0 Å². The summed E-state index contributed by atoms with van der Waals surface area (Å²) in [5, 5.41) is 5.35. The quantitative estimate of drug-likeness (QED) is 0.802. The van der Waals surface area contributed by atoms with E-state index >= 15 is 0 Å². The highest BCUT2D eigenvalue weighted by atomic mass is 32.2. The van der Waals surface area contributed by atoms with Gasteiger partial charge in [0, 0.05) is 26.2 Å². The van der Waals surface area contributed by atoms with Crippen molar-refractivity contribution in [1.29, 1.82) is 0 Å². The molecule has 0 saturated heterocycles. The summed E-state index contributed by atoms with van der Waals surface area (Å²) in [4.78, 5) is 0. The summed E-state index contributed by atoms with van der Waals surface area (Å²) in [6, 6.07) is 2.45.